The third-order valence-corrected chi connectivity index (χ3v) is 6.06. The number of nitro groups is 1. The number of nitrogens with zero attached hydrogens (tertiary/aromatic N) is 4. The van der Waals surface area contributed by atoms with Gasteiger partial charge in [-0.1, -0.05) is 19.1 Å². The Morgan fingerprint density at radius 1 is 1.26 bits per heavy atom. The van der Waals surface area contributed by atoms with E-state index in [-0.39, 0.29) is 23.1 Å². The molecule has 0 aliphatic carbocycles. The van der Waals surface area contributed by atoms with Crippen LogP contribution < -0.4 is 15.0 Å². The highest BCUT2D eigenvalue weighted by atomic mass is 16.6. The van der Waals surface area contributed by atoms with Crippen LogP contribution in [0.1, 0.15) is 31.6 Å². The van der Waals surface area contributed by atoms with Crippen molar-refractivity contribution in [3.63, 3.8) is 0 Å². The maximum Gasteiger partial charge on any atom is 0.296 e. The van der Waals surface area contributed by atoms with Gasteiger partial charge >= 0.3 is 0 Å². The summed E-state index contributed by atoms with van der Waals surface area (Å²) in [4.78, 5) is 29.8. The number of para-hydroxylation sites is 2. The van der Waals surface area contributed by atoms with Gasteiger partial charge in [-0.05, 0) is 31.0 Å². The minimum atomic E-state index is -0.389. The van der Waals surface area contributed by atoms with Gasteiger partial charge in [-0.25, -0.2) is 4.98 Å². The van der Waals surface area contributed by atoms with Crippen LogP contribution in [-0.4, -0.2) is 40.1 Å². The number of anilines is 2. The number of imidazole rings is 1. The molecule has 160 valence electrons. The number of carbonyl (C=O) groups excluding carboxylic acids is 1. The number of amides is 1. The highest BCUT2D eigenvalue weighted by molar-refractivity contribution is 5.97. The van der Waals surface area contributed by atoms with Gasteiger partial charge < -0.3 is 19.5 Å². The molecule has 0 bridgehead atoms. The topological polar surface area (TPSA) is 103 Å². The molecule has 2 aromatic carbocycles. The quantitative estimate of drug-likeness (QED) is 0.509. The molecule has 1 saturated heterocycles. The van der Waals surface area contributed by atoms with E-state index in [0.29, 0.717) is 36.3 Å². The van der Waals surface area contributed by atoms with Crippen molar-refractivity contribution in [2.45, 2.75) is 32.2 Å². The van der Waals surface area contributed by atoms with E-state index < -0.39 is 0 Å². The van der Waals surface area contributed by atoms with E-state index in [1.54, 1.807) is 6.07 Å². The van der Waals surface area contributed by atoms with E-state index in [1.165, 1.54) is 6.07 Å². The first-order valence-electron chi connectivity index (χ1n) is 10.5. The van der Waals surface area contributed by atoms with Crippen LogP contribution >= 0.6 is 0 Å². The van der Waals surface area contributed by atoms with Crippen molar-refractivity contribution in [1.29, 1.82) is 0 Å². The summed E-state index contributed by atoms with van der Waals surface area (Å²) in [6.45, 7) is 3.33. The molecule has 9 heteroatoms. The van der Waals surface area contributed by atoms with Crippen LogP contribution in [-0.2, 0) is 11.2 Å². The Morgan fingerprint density at radius 2 is 2.03 bits per heavy atom. The van der Waals surface area contributed by atoms with Crippen molar-refractivity contribution in [3.8, 4) is 5.75 Å². The zero-order chi connectivity index (χ0) is 21.5. The van der Waals surface area contributed by atoms with Gasteiger partial charge in [-0.2, -0.15) is 0 Å². The second-order valence-corrected chi connectivity index (χ2v) is 7.89. The summed E-state index contributed by atoms with van der Waals surface area (Å²) < 4.78 is 7.69. The zero-order valence-electron chi connectivity index (χ0n) is 17.2. The minimum Gasteiger partial charge on any atom is -0.481 e. The van der Waals surface area contributed by atoms with Gasteiger partial charge in [0.1, 0.15) is 11.5 Å². The maximum absolute atomic E-state index is 11.7. The zero-order valence-corrected chi connectivity index (χ0v) is 17.2. The number of piperidine rings is 1. The number of nitrogens with one attached hydrogen (secondary N) is 1. The fourth-order valence-electron chi connectivity index (χ4n) is 4.62. The van der Waals surface area contributed by atoms with Gasteiger partial charge in [0, 0.05) is 25.6 Å². The lowest BCUT2D eigenvalue weighted by molar-refractivity contribution is -0.384. The molecule has 0 spiro atoms. The summed E-state index contributed by atoms with van der Waals surface area (Å²) in [5, 5.41) is 14.5. The highest BCUT2D eigenvalue weighted by Gasteiger charge is 2.30. The lowest BCUT2D eigenvalue weighted by atomic mass is 10.0. The Morgan fingerprint density at radius 3 is 2.77 bits per heavy atom. The van der Waals surface area contributed by atoms with Crippen LogP contribution in [0.3, 0.4) is 0 Å². The smallest absolute Gasteiger partial charge is 0.296 e. The average molecular weight is 421 g/mol. The van der Waals surface area contributed by atoms with Gasteiger partial charge in [-0.3, -0.25) is 14.9 Å². The molecule has 0 saturated carbocycles. The number of rotatable bonds is 4. The second-order valence-electron chi connectivity index (χ2n) is 7.89. The molecular weight excluding hydrogens is 398 g/mol. The third-order valence-electron chi connectivity index (χ3n) is 6.06. The van der Waals surface area contributed by atoms with Gasteiger partial charge in [0.05, 0.1) is 27.7 Å². The van der Waals surface area contributed by atoms with Crippen LogP contribution in [0.4, 0.5) is 17.1 Å². The van der Waals surface area contributed by atoms with E-state index in [4.69, 9.17) is 9.72 Å². The molecule has 0 unspecified atom stereocenters. The summed E-state index contributed by atoms with van der Waals surface area (Å²) in [6.07, 6.45) is 2.56. The Kier molecular flexibility index (Phi) is 4.72. The van der Waals surface area contributed by atoms with Crippen molar-refractivity contribution < 1.29 is 14.5 Å². The van der Waals surface area contributed by atoms with Crippen molar-refractivity contribution >= 4 is 34.0 Å². The number of hydrogen-bond donors (Lipinski definition) is 1. The molecule has 9 nitrogen and oxygen atoms in total. The Hall–Kier alpha value is -3.62. The highest BCUT2D eigenvalue weighted by Crippen LogP contribution is 2.41. The van der Waals surface area contributed by atoms with E-state index in [1.807, 2.05) is 23.1 Å². The number of ether oxygens (including phenoxy) is 1. The Bertz CT molecular complexity index is 1180. The number of aromatic nitrogens is 2. The summed E-state index contributed by atoms with van der Waals surface area (Å²) in [5.74, 6) is 1.15. The fraction of sp³-hybridized carbons (Fsp3) is 0.364. The van der Waals surface area contributed by atoms with E-state index in [9.17, 15) is 14.9 Å². The van der Waals surface area contributed by atoms with Gasteiger partial charge in [0.15, 0.2) is 12.4 Å². The molecule has 1 amide bonds. The minimum absolute atomic E-state index is 0.00400. The lowest BCUT2D eigenvalue weighted by Gasteiger charge is -2.35. The van der Waals surface area contributed by atoms with Gasteiger partial charge in [0.2, 0.25) is 0 Å². The van der Waals surface area contributed by atoms with Crippen molar-refractivity contribution in [1.82, 2.24) is 9.55 Å². The van der Waals surface area contributed by atoms with Gasteiger partial charge in [-0.15, -0.1) is 0 Å². The van der Waals surface area contributed by atoms with Crippen molar-refractivity contribution in [3.05, 3.63) is 52.3 Å². The summed E-state index contributed by atoms with van der Waals surface area (Å²) in [7, 11) is 0. The van der Waals surface area contributed by atoms with Crippen LogP contribution in [0.25, 0.3) is 11.0 Å². The normalized spacial score (nSPS) is 16.7. The predicted octanol–water partition coefficient (Wildman–Crippen LogP) is 3.68. The molecule has 1 fully saturated rings. The van der Waals surface area contributed by atoms with Crippen molar-refractivity contribution in [2.24, 2.45) is 0 Å². The molecule has 1 aromatic heterocycles. The molecule has 5 rings (SSSR count). The van der Waals surface area contributed by atoms with Crippen LogP contribution in [0.2, 0.25) is 0 Å². The second kappa shape index (κ2) is 7.57. The number of nitro benzene ring substituents is 1. The summed E-state index contributed by atoms with van der Waals surface area (Å²) >= 11 is 0. The molecule has 3 aromatic rings. The molecule has 0 radical (unpaired) electrons. The molecule has 0 atom stereocenters. The molecule has 2 aliphatic heterocycles. The number of benzene rings is 2. The Balaban J connectivity index is 1.43. The molecule has 1 N–H and O–H groups in total. The first-order chi connectivity index (χ1) is 15.0. The van der Waals surface area contributed by atoms with Crippen LogP contribution in [0.15, 0.2) is 36.4 Å². The fourth-order valence-corrected chi connectivity index (χ4v) is 4.62. The SMILES string of the molecule is CCc1nc2ccccc2n1C1CCN(c2cc3c(cc2[N+](=O)[O-])OCC(=O)N3)CC1. The lowest BCUT2D eigenvalue weighted by Crippen LogP contribution is -2.35. The average Bonchev–Trinajstić information content (AvgIpc) is 3.17. The van der Waals surface area contributed by atoms with Crippen LogP contribution in [0.5, 0.6) is 5.75 Å². The number of fused-ring (bicyclic) bond motifs is 2. The largest absolute Gasteiger partial charge is 0.481 e. The predicted molar refractivity (Wildman–Crippen MR) is 117 cm³/mol. The Labute approximate surface area is 178 Å². The number of aryl methyl sites for hydroxylation is 1. The summed E-state index contributed by atoms with van der Waals surface area (Å²) in [6, 6.07) is 11.5. The molecule has 3 heterocycles. The first kappa shape index (κ1) is 19.3. The third kappa shape index (κ3) is 3.35. The van der Waals surface area contributed by atoms with E-state index >= 15 is 0 Å². The molecular formula is C22H23N5O4. The standard InChI is InChI=1S/C22H23N5O4/c1-2-21-23-15-5-3-4-6-17(15)26(21)14-7-9-25(10-8-14)18-11-16-20(12-19(18)27(29)30)31-13-22(28)24-16/h3-6,11-12,14H,2,7-10,13H2,1H3,(H,24,28). The number of carbonyl (C=O) groups is 1. The summed E-state index contributed by atoms with van der Waals surface area (Å²) in [5.41, 5.74) is 3.13. The first-order valence-corrected chi connectivity index (χ1v) is 10.5. The molecule has 2 aliphatic rings. The monoisotopic (exact) mass is 421 g/mol. The van der Waals surface area contributed by atoms with Crippen molar-refractivity contribution in [2.75, 3.05) is 29.9 Å². The van der Waals surface area contributed by atoms with Gasteiger partial charge in [0.25, 0.3) is 11.6 Å². The van der Waals surface area contributed by atoms with Crippen LogP contribution in [0, 0.1) is 10.1 Å². The maximum atomic E-state index is 11.7. The molecule has 31 heavy (non-hydrogen) atoms. The number of hydrogen-bond acceptors (Lipinski definition) is 6. The van der Waals surface area contributed by atoms with E-state index in [2.05, 4.69) is 22.9 Å². The van der Waals surface area contributed by atoms with E-state index in [0.717, 1.165) is 36.1 Å².